The lowest BCUT2D eigenvalue weighted by Crippen LogP contribution is -3.00. The Balaban J connectivity index is 0.00000481. The zero-order chi connectivity index (χ0) is 26.1. The molecule has 12 nitrogen and oxygen atoms in total. The maximum Gasteiger partial charge on any atom is 0.326 e. The molecule has 0 aliphatic heterocycles. The molecule has 0 saturated carbocycles. The predicted molar refractivity (Wildman–Crippen MR) is 134 cm³/mol. The number of aromatic nitrogens is 2. The standard InChI is InChI=1S/C22H19BrClN7O5.ClH/c23-12-9-27-22(28-10-12)36-17-6-5-13(7-15(17)24)29-21(35)31-20(34)14-3-1-2-4-16(14)30-19(33)11-26-18(32)8-25;/h1-7,9-10H,8,11,25H2,(H,26,32)(H,30,33)(H2,29,31,34,35);1H. The van der Waals surface area contributed by atoms with Gasteiger partial charge in [-0.1, -0.05) is 23.7 Å². The van der Waals surface area contributed by atoms with Crippen LogP contribution in [0, 0.1) is 0 Å². The quantitative estimate of drug-likeness (QED) is 0.215. The van der Waals surface area contributed by atoms with E-state index >= 15 is 0 Å². The maximum absolute atomic E-state index is 12.6. The molecule has 3 aromatic rings. The SMILES string of the molecule is [Cl-].[NH3+]CC(=O)NCC(=O)Nc1ccccc1C(=O)NC(=O)Nc1ccc(Oc2ncc(Br)cn2)c(Cl)c1. The summed E-state index contributed by atoms with van der Waals surface area (Å²) in [6.07, 6.45) is 3.03. The van der Waals surface area contributed by atoms with E-state index in [-0.39, 0.29) is 59.2 Å². The number of para-hydroxylation sites is 1. The molecule has 0 aliphatic rings. The van der Waals surface area contributed by atoms with Gasteiger partial charge in [-0.15, -0.1) is 0 Å². The summed E-state index contributed by atoms with van der Waals surface area (Å²) in [7, 11) is 0. The van der Waals surface area contributed by atoms with Crippen molar-refractivity contribution in [3.63, 3.8) is 0 Å². The van der Waals surface area contributed by atoms with E-state index in [0.29, 0.717) is 4.47 Å². The van der Waals surface area contributed by atoms with Gasteiger partial charge >= 0.3 is 12.0 Å². The Morgan fingerprint density at radius 2 is 1.70 bits per heavy atom. The van der Waals surface area contributed by atoms with E-state index in [0.717, 1.165) is 0 Å². The van der Waals surface area contributed by atoms with E-state index in [2.05, 4.69) is 52.9 Å². The molecule has 37 heavy (non-hydrogen) atoms. The third kappa shape index (κ3) is 8.99. The van der Waals surface area contributed by atoms with Crippen LogP contribution < -0.4 is 44.1 Å². The number of urea groups is 1. The number of hydrogen-bond donors (Lipinski definition) is 5. The van der Waals surface area contributed by atoms with Gasteiger partial charge in [0.15, 0.2) is 6.54 Å². The van der Waals surface area contributed by atoms with Gasteiger partial charge in [-0.05, 0) is 46.3 Å². The van der Waals surface area contributed by atoms with Crippen LogP contribution in [0.2, 0.25) is 5.02 Å². The van der Waals surface area contributed by atoms with Crippen molar-refractivity contribution in [1.82, 2.24) is 20.6 Å². The summed E-state index contributed by atoms with van der Waals surface area (Å²) < 4.78 is 6.19. The number of imide groups is 1. The zero-order valence-electron chi connectivity index (χ0n) is 18.9. The molecule has 1 aromatic heterocycles. The van der Waals surface area contributed by atoms with Gasteiger partial charge in [0.05, 0.1) is 27.3 Å². The molecule has 2 aromatic carbocycles. The highest BCUT2D eigenvalue weighted by Crippen LogP contribution is 2.30. The number of nitrogens with zero attached hydrogens (tertiary/aromatic N) is 2. The fourth-order valence-corrected chi connectivity index (χ4v) is 3.12. The molecule has 0 radical (unpaired) electrons. The van der Waals surface area contributed by atoms with Crippen molar-refractivity contribution in [2.24, 2.45) is 0 Å². The van der Waals surface area contributed by atoms with Gasteiger partial charge in [0, 0.05) is 18.1 Å². The van der Waals surface area contributed by atoms with Gasteiger partial charge in [-0.2, -0.15) is 0 Å². The van der Waals surface area contributed by atoms with Crippen LogP contribution in [0.5, 0.6) is 11.8 Å². The van der Waals surface area contributed by atoms with Crippen molar-refractivity contribution in [3.8, 4) is 11.8 Å². The summed E-state index contributed by atoms with van der Waals surface area (Å²) in [5.74, 6) is -1.44. The van der Waals surface area contributed by atoms with Crippen LogP contribution in [0.4, 0.5) is 16.2 Å². The highest BCUT2D eigenvalue weighted by molar-refractivity contribution is 9.10. The Hall–Kier alpha value is -3.78. The largest absolute Gasteiger partial charge is 1.00 e. The average Bonchev–Trinajstić information content (AvgIpc) is 2.85. The topological polar surface area (TPSA) is 179 Å². The first kappa shape index (κ1) is 29.5. The summed E-state index contributed by atoms with van der Waals surface area (Å²) in [6, 6.07) is 9.79. The molecule has 0 bridgehead atoms. The number of ether oxygens (including phenoxy) is 1. The van der Waals surface area contributed by atoms with Gasteiger partial charge in [0.1, 0.15) is 5.75 Å². The monoisotopic (exact) mass is 611 g/mol. The normalized spacial score (nSPS) is 9.92. The number of carbonyl (C=O) groups is 4. The Bertz CT molecular complexity index is 1290. The summed E-state index contributed by atoms with van der Waals surface area (Å²) in [6.45, 7) is -0.304. The molecule has 0 atom stereocenters. The molecule has 1 heterocycles. The lowest BCUT2D eigenvalue weighted by atomic mass is 10.1. The minimum atomic E-state index is -0.829. The van der Waals surface area contributed by atoms with Crippen molar-refractivity contribution < 1.29 is 42.1 Å². The van der Waals surface area contributed by atoms with Gasteiger partial charge in [-0.25, -0.2) is 14.8 Å². The number of halogens is 3. The van der Waals surface area contributed by atoms with Gasteiger partial charge in [0.25, 0.3) is 11.8 Å². The van der Waals surface area contributed by atoms with E-state index in [4.69, 9.17) is 16.3 Å². The molecule has 0 spiro atoms. The first-order chi connectivity index (χ1) is 17.2. The number of carbonyl (C=O) groups excluding carboxylic acids is 4. The highest BCUT2D eigenvalue weighted by Gasteiger charge is 2.17. The lowest BCUT2D eigenvalue weighted by molar-refractivity contribution is -0.355. The second-order valence-electron chi connectivity index (χ2n) is 6.96. The highest BCUT2D eigenvalue weighted by atomic mass is 79.9. The number of anilines is 2. The van der Waals surface area contributed by atoms with Gasteiger partial charge in [-0.3, -0.25) is 19.7 Å². The number of quaternary nitrogens is 1. The van der Waals surface area contributed by atoms with Gasteiger partial charge < -0.3 is 38.8 Å². The van der Waals surface area contributed by atoms with E-state index in [9.17, 15) is 19.2 Å². The molecule has 0 fully saturated rings. The van der Waals surface area contributed by atoms with E-state index < -0.39 is 23.8 Å². The molecule has 0 aliphatic carbocycles. The Morgan fingerprint density at radius 3 is 2.38 bits per heavy atom. The fraction of sp³-hybridized carbons (Fsp3) is 0.0909. The molecule has 3 rings (SSSR count). The lowest BCUT2D eigenvalue weighted by Gasteiger charge is -2.12. The molecule has 0 unspecified atom stereocenters. The average molecular weight is 613 g/mol. The minimum absolute atomic E-state index is 0. The van der Waals surface area contributed by atoms with Crippen LogP contribution in [0.1, 0.15) is 10.4 Å². The third-order valence-corrected chi connectivity index (χ3v) is 5.04. The van der Waals surface area contributed by atoms with Crippen LogP contribution >= 0.6 is 27.5 Å². The molecule has 5 amide bonds. The molecule has 194 valence electrons. The summed E-state index contributed by atoms with van der Waals surface area (Å²) in [5.41, 5.74) is 3.91. The Morgan fingerprint density at radius 1 is 1.00 bits per heavy atom. The predicted octanol–water partition coefficient (Wildman–Crippen LogP) is -1.05. The Kier molecular flexibility index (Phi) is 11.2. The number of rotatable bonds is 8. The van der Waals surface area contributed by atoms with Crippen molar-refractivity contribution in [2.75, 3.05) is 23.7 Å². The number of hydrogen-bond acceptors (Lipinski definition) is 7. The molecular formula is C22H20BrCl2N7O5. The number of amides is 5. The van der Waals surface area contributed by atoms with Crippen LogP contribution in [0.15, 0.2) is 59.3 Å². The first-order valence-corrected chi connectivity index (χ1v) is 11.4. The molecule has 7 N–H and O–H groups in total. The van der Waals surface area contributed by atoms with E-state index in [1.165, 1.54) is 42.7 Å². The van der Waals surface area contributed by atoms with Crippen LogP contribution in [-0.2, 0) is 9.59 Å². The first-order valence-electron chi connectivity index (χ1n) is 10.3. The van der Waals surface area contributed by atoms with E-state index in [1.54, 1.807) is 12.1 Å². The zero-order valence-corrected chi connectivity index (χ0v) is 22.0. The number of nitrogens with one attached hydrogen (secondary N) is 4. The molecule has 15 heteroatoms. The summed E-state index contributed by atoms with van der Waals surface area (Å²) in [4.78, 5) is 56.3. The van der Waals surface area contributed by atoms with Crippen LogP contribution in [0.25, 0.3) is 0 Å². The van der Waals surface area contributed by atoms with Crippen molar-refractivity contribution in [3.05, 3.63) is 69.9 Å². The summed E-state index contributed by atoms with van der Waals surface area (Å²) >= 11 is 9.45. The molecule has 0 saturated heterocycles. The molecular weight excluding hydrogens is 593 g/mol. The van der Waals surface area contributed by atoms with Crippen LogP contribution in [-0.4, -0.2) is 46.8 Å². The van der Waals surface area contributed by atoms with E-state index in [1.807, 2.05) is 0 Å². The Labute approximate surface area is 230 Å². The van der Waals surface area contributed by atoms with Crippen molar-refractivity contribution in [1.29, 1.82) is 0 Å². The van der Waals surface area contributed by atoms with Crippen molar-refractivity contribution in [2.45, 2.75) is 0 Å². The maximum atomic E-state index is 12.6. The second kappa shape index (κ2) is 14.1. The minimum Gasteiger partial charge on any atom is -1.00 e. The van der Waals surface area contributed by atoms with Crippen molar-refractivity contribution >= 4 is 62.7 Å². The van der Waals surface area contributed by atoms with Gasteiger partial charge in [0.2, 0.25) is 5.91 Å². The number of benzene rings is 2. The fourth-order valence-electron chi connectivity index (χ4n) is 2.70. The second-order valence-corrected chi connectivity index (χ2v) is 8.28. The third-order valence-electron chi connectivity index (χ3n) is 4.33. The smallest absolute Gasteiger partial charge is 0.326 e. The van der Waals surface area contributed by atoms with Crippen LogP contribution in [0.3, 0.4) is 0 Å². The summed E-state index contributed by atoms with van der Waals surface area (Å²) in [5, 5.41) is 9.74.